The van der Waals surface area contributed by atoms with Crippen molar-refractivity contribution in [2.45, 2.75) is 13.5 Å². The zero-order valence-corrected chi connectivity index (χ0v) is 8.38. The van der Waals surface area contributed by atoms with Gasteiger partial charge >= 0.3 is 0 Å². The standard InChI is InChI=1S/C11H11N3O/c1-8-2-3-12-6-10(8)11-13-4-9(7-15)5-14-11/h2-6,15H,7H2,1H3. The molecule has 76 valence electrons. The lowest BCUT2D eigenvalue weighted by Crippen LogP contribution is -1.94. The van der Waals surface area contributed by atoms with Crippen LogP contribution >= 0.6 is 0 Å². The number of hydrogen-bond donors (Lipinski definition) is 1. The second kappa shape index (κ2) is 4.14. The number of aliphatic hydroxyl groups excluding tert-OH is 1. The summed E-state index contributed by atoms with van der Waals surface area (Å²) in [7, 11) is 0. The van der Waals surface area contributed by atoms with Crippen molar-refractivity contribution < 1.29 is 5.11 Å². The molecule has 0 bridgehead atoms. The summed E-state index contributed by atoms with van der Waals surface area (Å²) < 4.78 is 0. The zero-order chi connectivity index (χ0) is 10.7. The molecule has 1 N–H and O–H groups in total. The number of pyridine rings is 1. The van der Waals surface area contributed by atoms with Crippen LogP contribution in [0.15, 0.2) is 30.9 Å². The van der Waals surface area contributed by atoms with E-state index in [1.54, 1.807) is 24.8 Å². The first-order chi connectivity index (χ1) is 7.31. The Labute approximate surface area is 87.7 Å². The largest absolute Gasteiger partial charge is 0.392 e. The SMILES string of the molecule is Cc1ccncc1-c1ncc(CO)cn1. The van der Waals surface area contributed by atoms with Gasteiger partial charge in [0.1, 0.15) is 0 Å². The smallest absolute Gasteiger partial charge is 0.160 e. The molecule has 0 atom stereocenters. The highest BCUT2D eigenvalue weighted by molar-refractivity contribution is 5.57. The molecule has 15 heavy (non-hydrogen) atoms. The summed E-state index contributed by atoms with van der Waals surface area (Å²) in [6.07, 6.45) is 6.72. The van der Waals surface area contributed by atoms with E-state index < -0.39 is 0 Å². The predicted octanol–water partition coefficient (Wildman–Crippen LogP) is 1.34. The molecular weight excluding hydrogens is 190 g/mol. The average molecular weight is 201 g/mol. The van der Waals surface area contributed by atoms with E-state index in [1.807, 2.05) is 13.0 Å². The van der Waals surface area contributed by atoms with Gasteiger partial charge in [-0.15, -0.1) is 0 Å². The number of nitrogens with zero attached hydrogens (tertiary/aromatic N) is 3. The van der Waals surface area contributed by atoms with E-state index in [9.17, 15) is 0 Å². The van der Waals surface area contributed by atoms with E-state index in [1.165, 1.54) is 0 Å². The lowest BCUT2D eigenvalue weighted by molar-refractivity contribution is 0.281. The monoisotopic (exact) mass is 201 g/mol. The Kier molecular flexibility index (Phi) is 2.69. The molecule has 2 heterocycles. The van der Waals surface area contributed by atoms with Gasteiger partial charge in [-0.1, -0.05) is 0 Å². The zero-order valence-electron chi connectivity index (χ0n) is 8.38. The van der Waals surface area contributed by atoms with Crippen LogP contribution in [0.2, 0.25) is 0 Å². The minimum absolute atomic E-state index is 0.0354. The Balaban J connectivity index is 2.42. The molecule has 2 rings (SSSR count). The summed E-state index contributed by atoms with van der Waals surface area (Å²) >= 11 is 0. The van der Waals surface area contributed by atoms with E-state index in [-0.39, 0.29) is 6.61 Å². The van der Waals surface area contributed by atoms with Crippen molar-refractivity contribution in [2.75, 3.05) is 0 Å². The fourth-order valence-electron chi connectivity index (χ4n) is 1.27. The number of aromatic nitrogens is 3. The lowest BCUT2D eigenvalue weighted by atomic mass is 10.1. The summed E-state index contributed by atoms with van der Waals surface area (Å²) in [6, 6.07) is 1.92. The highest BCUT2D eigenvalue weighted by Gasteiger charge is 2.04. The van der Waals surface area contributed by atoms with Crippen LogP contribution in [0.1, 0.15) is 11.1 Å². The van der Waals surface area contributed by atoms with E-state index in [2.05, 4.69) is 15.0 Å². The maximum Gasteiger partial charge on any atom is 0.160 e. The van der Waals surface area contributed by atoms with E-state index in [4.69, 9.17) is 5.11 Å². The third-order valence-electron chi connectivity index (χ3n) is 2.17. The third kappa shape index (κ3) is 1.99. The molecule has 0 unspecified atom stereocenters. The van der Waals surface area contributed by atoms with Crippen LogP contribution in [0, 0.1) is 6.92 Å². The molecular formula is C11H11N3O. The normalized spacial score (nSPS) is 10.3. The Hall–Kier alpha value is -1.81. The molecule has 0 amide bonds. The number of hydrogen-bond acceptors (Lipinski definition) is 4. The van der Waals surface area contributed by atoms with E-state index in [0.717, 1.165) is 11.1 Å². The fourth-order valence-corrected chi connectivity index (χ4v) is 1.27. The van der Waals surface area contributed by atoms with E-state index >= 15 is 0 Å². The molecule has 0 aromatic carbocycles. The van der Waals surface area contributed by atoms with Crippen LogP contribution in [0.5, 0.6) is 0 Å². The van der Waals surface area contributed by atoms with Gasteiger partial charge in [-0.25, -0.2) is 9.97 Å². The van der Waals surface area contributed by atoms with Crippen LogP contribution in [0.25, 0.3) is 11.4 Å². The van der Waals surface area contributed by atoms with Gasteiger partial charge in [0, 0.05) is 35.9 Å². The van der Waals surface area contributed by atoms with Crippen LogP contribution in [0.4, 0.5) is 0 Å². The number of aryl methyl sites for hydroxylation is 1. The first kappa shape index (κ1) is 9.73. The Bertz CT molecular complexity index is 454. The Morgan fingerprint density at radius 2 is 1.93 bits per heavy atom. The van der Waals surface area contributed by atoms with Crippen LogP contribution in [0.3, 0.4) is 0 Å². The quantitative estimate of drug-likeness (QED) is 0.796. The second-order valence-electron chi connectivity index (χ2n) is 3.26. The molecule has 0 aliphatic heterocycles. The van der Waals surface area contributed by atoms with Crippen molar-refractivity contribution in [2.24, 2.45) is 0 Å². The molecule has 0 saturated carbocycles. The second-order valence-corrected chi connectivity index (χ2v) is 3.26. The Morgan fingerprint density at radius 3 is 2.53 bits per heavy atom. The minimum Gasteiger partial charge on any atom is -0.392 e. The fraction of sp³-hybridized carbons (Fsp3) is 0.182. The Morgan fingerprint density at radius 1 is 1.20 bits per heavy atom. The minimum atomic E-state index is -0.0354. The molecule has 2 aromatic rings. The third-order valence-corrected chi connectivity index (χ3v) is 2.17. The highest BCUT2D eigenvalue weighted by atomic mass is 16.3. The van der Waals surface area contributed by atoms with Gasteiger partial charge in [-0.3, -0.25) is 4.98 Å². The topological polar surface area (TPSA) is 58.9 Å². The van der Waals surface area contributed by atoms with Gasteiger partial charge in [0.15, 0.2) is 5.82 Å². The van der Waals surface area contributed by atoms with Crippen molar-refractivity contribution in [3.8, 4) is 11.4 Å². The van der Waals surface area contributed by atoms with Crippen LogP contribution in [-0.4, -0.2) is 20.1 Å². The van der Waals surface area contributed by atoms with Gasteiger partial charge in [0.05, 0.1) is 6.61 Å². The summed E-state index contributed by atoms with van der Waals surface area (Å²) in [5.74, 6) is 0.637. The van der Waals surface area contributed by atoms with Gasteiger partial charge < -0.3 is 5.11 Å². The van der Waals surface area contributed by atoms with Crippen molar-refractivity contribution in [1.82, 2.24) is 15.0 Å². The summed E-state index contributed by atoms with van der Waals surface area (Å²) in [6.45, 7) is 1.95. The molecule has 0 aliphatic carbocycles. The van der Waals surface area contributed by atoms with Crippen LogP contribution in [-0.2, 0) is 6.61 Å². The lowest BCUT2D eigenvalue weighted by Gasteiger charge is -2.03. The van der Waals surface area contributed by atoms with Gasteiger partial charge in [-0.2, -0.15) is 0 Å². The molecule has 0 spiro atoms. The summed E-state index contributed by atoms with van der Waals surface area (Å²) in [4.78, 5) is 12.4. The molecule has 0 radical (unpaired) electrons. The van der Waals surface area contributed by atoms with Crippen molar-refractivity contribution in [1.29, 1.82) is 0 Å². The van der Waals surface area contributed by atoms with Crippen LogP contribution < -0.4 is 0 Å². The molecule has 0 saturated heterocycles. The highest BCUT2D eigenvalue weighted by Crippen LogP contribution is 2.17. The summed E-state index contributed by atoms with van der Waals surface area (Å²) in [5.41, 5.74) is 2.71. The van der Waals surface area contributed by atoms with Gasteiger partial charge in [0.2, 0.25) is 0 Å². The van der Waals surface area contributed by atoms with Crippen molar-refractivity contribution in [3.63, 3.8) is 0 Å². The average Bonchev–Trinajstić information content (AvgIpc) is 2.30. The van der Waals surface area contributed by atoms with E-state index in [0.29, 0.717) is 11.4 Å². The predicted molar refractivity (Wildman–Crippen MR) is 55.9 cm³/mol. The molecule has 0 fully saturated rings. The van der Waals surface area contributed by atoms with Crippen molar-refractivity contribution >= 4 is 0 Å². The maximum atomic E-state index is 8.86. The first-order valence-corrected chi connectivity index (χ1v) is 4.64. The molecule has 0 aliphatic rings. The van der Waals surface area contributed by atoms with Crippen molar-refractivity contribution in [3.05, 3.63) is 42.0 Å². The summed E-state index contributed by atoms with van der Waals surface area (Å²) in [5, 5.41) is 8.86. The molecule has 4 heteroatoms. The van der Waals surface area contributed by atoms with Gasteiger partial charge in [0.25, 0.3) is 0 Å². The maximum absolute atomic E-state index is 8.86. The van der Waals surface area contributed by atoms with Gasteiger partial charge in [-0.05, 0) is 18.6 Å². The molecule has 4 nitrogen and oxygen atoms in total. The number of aliphatic hydroxyl groups is 1. The first-order valence-electron chi connectivity index (χ1n) is 4.64. The number of rotatable bonds is 2. The molecule has 2 aromatic heterocycles.